The molecule has 92 valence electrons. The normalized spacial score (nSPS) is 15.9. The molecule has 5 heteroatoms. The Hall–Kier alpha value is -1.20. The minimum absolute atomic E-state index is 0.167. The highest BCUT2D eigenvalue weighted by Crippen LogP contribution is 2.22. The van der Waals surface area contributed by atoms with Gasteiger partial charge in [-0.2, -0.15) is 0 Å². The van der Waals surface area contributed by atoms with Gasteiger partial charge in [0.2, 0.25) is 5.91 Å². The summed E-state index contributed by atoms with van der Waals surface area (Å²) < 4.78 is 0. The van der Waals surface area contributed by atoms with E-state index in [9.17, 15) is 9.90 Å². The molecule has 2 N–H and O–H groups in total. The number of nitrogens with one attached hydrogen (secondary N) is 1. The summed E-state index contributed by atoms with van der Waals surface area (Å²) in [7, 11) is 0. The van der Waals surface area contributed by atoms with Crippen molar-refractivity contribution in [3.63, 3.8) is 0 Å². The van der Waals surface area contributed by atoms with Gasteiger partial charge in [-0.3, -0.25) is 4.79 Å². The number of hydrogen-bond acceptors (Lipinski definition) is 4. The van der Waals surface area contributed by atoms with Crippen molar-refractivity contribution in [2.24, 2.45) is 0 Å². The van der Waals surface area contributed by atoms with E-state index in [1.807, 2.05) is 11.0 Å². The third-order valence-electron chi connectivity index (χ3n) is 2.65. The summed E-state index contributed by atoms with van der Waals surface area (Å²) in [5, 5.41) is 12.5. The van der Waals surface area contributed by atoms with Crippen LogP contribution in [0.1, 0.15) is 0 Å². The Bertz CT molecular complexity index is 392. The van der Waals surface area contributed by atoms with Crippen molar-refractivity contribution in [2.45, 2.75) is 4.90 Å². The Kier molecular flexibility index (Phi) is 4.28. The van der Waals surface area contributed by atoms with E-state index in [-0.39, 0.29) is 11.7 Å². The lowest BCUT2D eigenvalue weighted by Crippen LogP contribution is -2.47. The quantitative estimate of drug-likeness (QED) is 0.785. The van der Waals surface area contributed by atoms with Gasteiger partial charge in [0.05, 0.1) is 5.75 Å². The third kappa shape index (κ3) is 3.64. The molecule has 1 aromatic rings. The van der Waals surface area contributed by atoms with Crippen LogP contribution in [-0.4, -0.2) is 47.8 Å². The molecule has 2 rings (SSSR count). The van der Waals surface area contributed by atoms with Crippen LogP contribution >= 0.6 is 11.8 Å². The van der Waals surface area contributed by atoms with Gasteiger partial charge in [0, 0.05) is 31.1 Å². The average Bonchev–Trinajstić information content (AvgIpc) is 2.37. The van der Waals surface area contributed by atoms with E-state index in [1.54, 1.807) is 18.2 Å². The number of thioether (sulfide) groups is 1. The number of carbonyl (C=O) groups excluding carboxylic acids is 1. The molecule has 0 aromatic heterocycles. The number of piperazine rings is 1. The number of carbonyl (C=O) groups is 1. The van der Waals surface area contributed by atoms with Gasteiger partial charge in [0.15, 0.2) is 0 Å². The summed E-state index contributed by atoms with van der Waals surface area (Å²) in [6, 6.07) is 6.99. The lowest BCUT2D eigenvalue weighted by molar-refractivity contribution is -0.128. The number of rotatable bonds is 3. The number of phenols is 1. The summed E-state index contributed by atoms with van der Waals surface area (Å²) in [6.07, 6.45) is 0. The van der Waals surface area contributed by atoms with E-state index < -0.39 is 0 Å². The molecule has 1 aliphatic heterocycles. The van der Waals surface area contributed by atoms with Gasteiger partial charge in [0.25, 0.3) is 0 Å². The molecule has 1 amide bonds. The molecule has 1 aromatic carbocycles. The molecule has 17 heavy (non-hydrogen) atoms. The molecule has 1 saturated heterocycles. The highest BCUT2D eigenvalue weighted by atomic mass is 32.2. The second-order valence-corrected chi connectivity index (χ2v) is 4.97. The summed E-state index contributed by atoms with van der Waals surface area (Å²) in [5.74, 6) is 0.841. The van der Waals surface area contributed by atoms with Crippen LogP contribution in [0.5, 0.6) is 5.75 Å². The summed E-state index contributed by atoms with van der Waals surface area (Å²) in [6.45, 7) is 3.34. The second kappa shape index (κ2) is 5.93. The zero-order valence-corrected chi connectivity index (χ0v) is 10.4. The van der Waals surface area contributed by atoms with Gasteiger partial charge in [-0.25, -0.2) is 0 Å². The van der Waals surface area contributed by atoms with E-state index in [4.69, 9.17) is 0 Å². The number of nitrogens with zero attached hydrogens (tertiary/aromatic N) is 1. The Balaban J connectivity index is 1.83. The molecule has 0 unspecified atom stereocenters. The van der Waals surface area contributed by atoms with Gasteiger partial charge < -0.3 is 15.3 Å². The summed E-state index contributed by atoms with van der Waals surface area (Å²) in [4.78, 5) is 14.7. The largest absolute Gasteiger partial charge is 0.508 e. The molecule has 1 aliphatic rings. The van der Waals surface area contributed by atoms with Gasteiger partial charge in [-0.05, 0) is 18.2 Å². The highest BCUT2D eigenvalue weighted by molar-refractivity contribution is 8.00. The van der Waals surface area contributed by atoms with Crippen molar-refractivity contribution >= 4 is 17.7 Å². The van der Waals surface area contributed by atoms with E-state index >= 15 is 0 Å². The third-order valence-corrected chi connectivity index (χ3v) is 3.63. The van der Waals surface area contributed by atoms with Crippen LogP contribution in [0.4, 0.5) is 0 Å². The number of hydrogen-bond donors (Lipinski definition) is 2. The first-order chi connectivity index (χ1) is 8.25. The molecule has 0 atom stereocenters. The first-order valence-corrected chi connectivity index (χ1v) is 6.64. The fourth-order valence-corrected chi connectivity index (χ4v) is 2.58. The Labute approximate surface area is 105 Å². The topological polar surface area (TPSA) is 52.6 Å². The highest BCUT2D eigenvalue weighted by Gasteiger charge is 2.15. The van der Waals surface area contributed by atoms with Crippen LogP contribution in [-0.2, 0) is 4.79 Å². The van der Waals surface area contributed by atoms with E-state index in [2.05, 4.69) is 5.32 Å². The molecule has 0 bridgehead atoms. The van der Waals surface area contributed by atoms with Crippen LogP contribution in [0.15, 0.2) is 29.2 Å². The van der Waals surface area contributed by atoms with Gasteiger partial charge in [-0.15, -0.1) is 11.8 Å². The van der Waals surface area contributed by atoms with Gasteiger partial charge in [-0.1, -0.05) is 6.07 Å². The monoisotopic (exact) mass is 252 g/mol. The van der Waals surface area contributed by atoms with Gasteiger partial charge in [0.1, 0.15) is 5.75 Å². The Morgan fingerprint density at radius 1 is 1.41 bits per heavy atom. The average molecular weight is 252 g/mol. The number of benzene rings is 1. The van der Waals surface area contributed by atoms with Crippen molar-refractivity contribution in [1.29, 1.82) is 0 Å². The first kappa shape index (κ1) is 12.3. The number of phenolic OH excluding ortho intramolecular Hbond substituents is 1. The van der Waals surface area contributed by atoms with Crippen molar-refractivity contribution in [1.82, 2.24) is 10.2 Å². The fraction of sp³-hybridized carbons (Fsp3) is 0.417. The SMILES string of the molecule is O=C(CSc1cccc(O)c1)N1CCNCC1. The van der Waals surface area contributed by atoms with Gasteiger partial charge >= 0.3 is 0 Å². The van der Waals surface area contributed by atoms with Crippen molar-refractivity contribution in [2.75, 3.05) is 31.9 Å². The molecule has 0 radical (unpaired) electrons. The first-order valence-electron chi connectivity index (χ1n) is 5.66. The number of aromatic hydroxyl groups is 1. The van der Waals surface area contributed by atoms with E-state index in [0.717, 1.165) is 31.1 Å². The molecule has 1 heterocycles. The minimum Gasteiger partial charge on any atom is -0.508 e. The van der Waals surface area contributed by atoms with Crippen LogP contribution in [0.25, 0.3) is 0 Å². The molecule has 4 nitrogen and oxygen atoms in total. The smallest absolute Gasteiger partial charge is 0.233 e. The Morgan fingerprint density at radius 2 is 2.18 bits per heavy atom. The minimum atomic E-state index is 0.167. The molecule has 1 fully saturated rings. The maximum atomic E-state index is 11.9. The van der Waals surface area contributed by atoms with Crippen molar-refractivity contribution in [3.05, 3.63) is 24.3 Å². The standard InChI is InChI=1S/C12H16N2O2S/c15-10-2-1-3-11(8-10)17-9-12(16)14-6-4-13-5-7-14/h1-3,8,13,15H,4-7,9H2. The second-order valence-electron chi connectivity index (χ2n) is 3.92. The van der Waals surface area contributed by atoms with Crippen molar-refractivity contribution in [3.8, 4) is 5.75 Å². The fourth-order valence-electron chi connectivity index (χ4n) is 1.72. The van der Waals surface area contributed by atoms with E-state index in [0.29, 0.717) is 5.75 Å². The van der Waals surface area contributed by atoms with Crippen LogP contribution in [0.3, 0.4) is 0 Å². The summed E-state index contributed by atoms with van der Waals surface area (Å²) in [5.41, 5.74) is 0. The predicted molar refractivity (Wildman–Crippen MR) is 68.3 cm³/mol. The van der Waals surface area contributed by atoms with Crippen LogP contribution in [0, 0.1) is 0 Å². The Morgan fingerprint density at radius 3 is 2.88 bits per heavy atom. The van der Waals surface area contributed by atoms with Crippen molar-refractivity contribution < 1.29 is 9.90 Å². The molecule has 0 saturated carbocycles. The maximum absolute atomic E-state index is 11.9. The molecule has 0 aliphatic carbocycles. The lowest BCUT2D eigenvalue weighted by Gasteiger charge is -2.27. The maximum Gasteiger partial charge on any atom is 0.233 e. The zero-order valence-electron chi connectivity index (χ0n) is 9.56. The molecular weight excluding hydrogens is 236 g/mol. The van der Waals surface area contributed by atoms with E-state index in [1.165, 1.54) is 11.8 Å². The summed E-state index contributed by atoms with van der Waals surface area (Å²) >= 11 is 1.46. The zero-order chi connectivity index (χ0) is 12.1. The predicted octanol–water partition coefficient (Wildman–Crippen LogP) is 0.916. The molecule has 0 spiro atoms. The van der Waals surface area contributed by atoms with Crippen LogP contribution < -0.4 is 5.32 Å². The lowest BCUT2D eigenvalue weighted by atomic mass is 10.3. The molecular formula is C12H16N2O2S. The number of amides is 1. The van der Waals surface area contributed by atoms with Crippen LogP contribution in [0.2, 0.25) is 0 Å².